The average molecular weight is 395 g/mol. The Kier molecular flexibility index (Phi) is 20.1. The second-order valence-corrected chi connectivity index (χ2v) is 6.60. The van der Waals surface area contributed by atoms with E-state index in [9.17, 15) is 5.11 Å². The van der Waals surface area contributed by atoms with Gasteiger partial charge in [0.25, 0.3) is 0 Å². The minimum atomic E-state index is 0.0955. The Morgan fingerprint density at radius 2 is 0.778 bits per heavy atom. The van der Waals surface area contributed by atoms with Gasteiger partial charge in [0.2, 0.25) is 0 Å². The van der Waals surface area contributed by atoms with Crippen LogP contribution < -0.4 is 5.32 Å². The van der Waals surface area contributed by atoms with Gasteiger partial charge in [-0.25, -0.2) is 0 Å². The summed E-state index contributed by atoms with van der Waals surface area (Å²) < 4.78 is 0. The molecule has 6 N–H and O–H groups in total. The highest BCUT2D eigenvalue weighted by atomic mass is 16.3. The van der Waals surface area contributed by atoms with Crippen molar-refractivity contribution in [3.05, 3.63) is 0 Å². The van der Waals surface area contributed by atoms with Crippen molar-refractivity contribution in [2.75, 3.05) is 105 Å². The third kappa shape index (κ3) is 16.3. The molecule has 0 heterocycles. The van der Waals surface area contributed by atoms with Crippen LogP contribution in [0.15, 0.2) is 0 Å². The number of nitrogens with one attached hydrogen (secondary N) is 1. The van der Waals surface area contributed by atoms with Gasteiger partial charge in [-0.15, -0.1) is 0 Å². The molecule has 164 valence electrons. The third-order valence-electron chi connectivity index (χ3n) is 4.46. The van der Waals surface area contributed by atoms with Gasteiger partial charge in [-0.3, -0.25) is 14.7 Å². The molecule has 0 rings (SSSR count). The van der Waals surface area contributed by atoms with Gasteiger partial charge in [-0.05, 0) is 39.0 Å². The van der Waals surface area contributed by atoms with Crippen LogP contribution in [0.2, 0.25) is 0 Å². The second kappa shape index (κ2) is 20.4. The lowest BCUT2D eigenvalue weighted by Crippen LogP contribution is -2.38. The van der Waals surface area contributed by atoms with E-state index in [4.69, 9.17) is 20.4 Å². The number of rotatable bonds is 21. The van der Waals surface area contributed by atoms with Crippen molar-refractivity contribution in [1.82, 2.24) is 20.0 Å². The molecule has 9 nitrogen and oxygen atoms in total. The highest BCUT2D eigenvalue weighted by Gasteiger charge is 2.07. The maximum atomic E-state index is 9.23. The van der Waals surface area contributed by atoms with Crippen molar-refractivity contribution in [2.24, 2.45) is 0 Å². The molecule has 0 aromatic rings. The molecule has 0 atom stereocenters. The predicted octanol–water partition coefficient (Wildman–Crippen LogP) is -2.78. The van der Waals surface area contributed by atoms with E-state index in [2.05, 4.69) is 10.2 Å². The molecular formula is C18H42N4O5. The molecule has 0 aliphatic heterocycles. The number of hydrogen-bond acceptors (Lipinski definition) is 9. The lowest BCUT2D eigenvalue weighted by Gasteiger charge is -2.25. The monoisotopic (exact) mass is 394 g/mol. The summed E-state index contributed by atoms with van der Waals surface area (Å²) in [6.07, 6.45) is 1.88. The molecular weight excluding hydrogens is 352 g/mol. The zero-order valence-electron chi connectivity index (χ0n) is 16.8. The summed E-state index contributed by atoms with van der Waals surface area (Å²) in [7, 11) is 0. The summed E-state index contributed by atoms with van der Waals surface area (Å²) in [5.74, 6) is 0. The molecule has 0 saturated carbocycles. The fourth-order valence-corrected chi connectivity index (χ4v) is 3.02. The third-order valence-corrected chi connectivity index (χ3v) is 4.46. The fraction of sp³-hybridized carbons (Fsp3) is 1.00. The van der Waals surface area contributed by atoms with Gasteiger partial charge in [-0.1, -0.05) is 0 Å². The minimum absolute atomic E-state index is 0.0955. The Labute approximate surface area is 164 Å². The molecule has 0 spiro atoms. The van der Waals surface area contributed by atoms with Gasteiger partial charge in [0.1, 0.15) is 0 Å². The van der Waals surface area contributed by atoms with Crippen LogP contribution in [-0.4, -0.2) is 145 Å². The zero-order valence-corrected chi connectivity index (χ0v) is 16.8. The number of aliphatic hydroxyl groups excluding tert-OH is 5. The fourth-order valence-electron chi connectivity index (χ4n) is 3.02. The molecule has 0 fully saturated rings. The first kappa shape index (κ1) is 26.6. The summed E-state index contributed by atoms with van der Waals surface area (Å²) >= 11 is 0. The first-order valence-corrected chi connectivity index (χ1v) is 10.1. The lowest BCUT2D eigenvalue weighted by molar-refractivity contribution is 0.147. The van der Waals surface area contributed by atoms with Gasteiger partial charge in [0, 0.05) is 45.8 Å². The smallest absolute Gasteiger partial charge is 0.0558 e. The average Bonchev–Trinajstić information content (AvgIpc) is 2.65. The maximum absolute atomic E-state index is 9.23. The molecule has 0 aliphatic carbocycles. The van der Waals surface area contributed by atoms with Crippen molar-refractivity contribution >= 4 is 0 Å². The summed E-state index contributed by atoms with van der Waals surface area (Å²) in [5, 5.41) is 48.7. The Hall–Kier alpha value is -0.360. The molecule has 0 saturated heterocycles. The van der Waals surface area contributed by atoms with E-state index in [1.807, 2.05) is 9.80 Å². The second-order valence-electron chi connectivity index (χ2n) is 6.60. The van der Waals surface area contributed by atoms with E-state index in [-0.39, 0.29) is 33.0 Å². The zero-order chi connectivity index (χ0) is 20.2. The SMILES string of the molecule is OCCN(CCO)CCCNCCN(CCO)CCCN(CCO)CCO. The largest absolute Gasteiger partial charge is 0.395 e. The summed E-state index contributed by atoms with van der Waals surface area (Å²) in [6, 6.07) is 0. The molecule has 0 amide bonds. The van der Waals surface area contributed by atoms with Crippen LogP contribution in [0.25, 0.3) is 0 Å². The van der Waals surface area contributed by atoms with E-state index in [0.717, 1.165) is 52.1 Å². The van der Waals surface area contributed by atoms with Gasteiger partial charge in [0.15, 0.2) is 0 Å². The molecule has 0 aliphatic rings. The molecule has 0 radical (unpaired) electrons. The first-order valence-electron chi connectivity index (χ1n) is 10.1. The van der Waals surface area contributed by atoms with Crippen LogP contribution in [0.5, 0.6) is 0 Å². The Bertz CT molecular complexity index is 291. The quantitative estimate of drug-likeness (QED) is 0.115. The van der Waals surface area contributed by atoms with E-state index in [1.54, 1.807) is 0 Å². The van der Waals surface area contributed by atoms with Crippen molar-refractivity contribution in [3.63, 3.8) is 0 Å². The Balaban J connectivity index is 3.87. The molecule has 0 unspecified atom stereocenters. The van der Waals surface area contributed by atoms with Crippen LogP contribution in [0, 0.1) is 0 Å². The number of aliphatic hydroxyl groups is 5. The minimum Gasteiger partial charge on any atom is -0.395 e. The van der Waals surface area contributed by atoms with E-state index in [1.165, 1.54) is 0 Å². The van der Waals surface area contributed by atoms with Crippen molar-refractivity contribution < 1.29 is 25.5 Å². The van der Waals surface area contributed by atoms with Gasteiger partial charge >= 0.3 is 0 Å². The van der Waals surface area contributed by atoms with E-state index in [0.29, 0.717) is 32.7 Å². The van der Waals surface area contributed by atoms with Crippen molar-refractivity contribution in [3.8, 4) is 0 Å². The predicted molar refractivity (Wildman–Crippen MR) is 107 cm³/mol. The first-order chi connectivity index (χ1) is 13.2. The summed E-state index contributed by atoms with van der Waals surface area (Å²) in [4.78, 5) is 6.30. The lowest BCUT2D eigenvalue weighted by atomic mass is 10.3. The highest BCUT2D eigenvalue weighted by molar-refractivity contribution is 4.64. The molecule has 0 aromatic carbocycles. The van der Waals surface area contributed by atoms with Crippen LogP contribution >= 0.6 is 0 Å². The molecule has 27 heavy (non-hydrogen) atoms. The van der Waals surface area contributed by atoms with Gasteiger partial charge in [-0.2, -0.15) is 0 Å². The molecule has 9 heteroatoms. The van der Waals surface area contributed by atoms with E-state index < -0.39 is 0 Å². The van der Waals surface area contributed by atoms with Crippen molar-refractivity contribution in [1.29, 1.82) is 0 Å². The molecule has 0 aromatic heterocycles. The Morgan fingerprint density at radius 1 is 0.407 bits per heavy atom. The van der Waals surface area contributed by atoms with E-state index >= 15 is 0 Å². The van der Waals surface area contributed by atoms with Crippen LogP contribution in [0.4, 0.5) is 0 Å². The van der Waals surface area contributed by atoms with Gasteiger partial charge in [0.05, 0.1) is 33.0 Å². The van der Waals surface area contributed by atoms with Crippen molar-refractivity contribution in [2.45, 2.75) is 12.8 Å². The van der Waals surface area contributed by atoms with Gasteiger partial charge < -0.3 is 30.8 Å². The Morgan fingerprint density at radius 3 is 1.19 bits per heavy atom. The molecule has 0 bridgehead atoms. The summed E-state index contributed by atoms with van der Waals surface area (Å²) in [6.45, 7) is 8.64. The summed E-state index contributed by atoms with van der Waals surface area (Å²) in [5.41, 5.74) is 0. The number of nitrogens with zero attached hydrogens (tertiary/aromatic N) is 3. The number of hydrogen-bond donors (Lipinski definition) is 6. The van der Waals surface area contributed by atoms with Crippen LogP contribution in [0.3, 0.4) is 0 Å². The topological polar surface area (TPSA) is 123 Å². The van der Waals surface area contributed by atoms with Crippen LogP contribution in [0.1, 0.15) is 12.8 Å². The highest BCUT2D eigenvalue weighted by Crippen LogP contribution is 1.96. The normalized spacial score (nSPS) is 12.0. The van der Waals surface area contributed by atoms with Crippen LogP contribution in [-0.2, 0) is 0 Å². The maximum Gasteiger partial charge on any atom is 0.0558 e. The standard InChI is InChI=1S/C18H42N4O5/c23-14-9-20(6-2-7-22(12-17-26)13-18-27)8-4-19-3-1-5-21(10-15-24)11-16-25/h19,23-27H,1-18H2.